The Hall–Kier alpha value is -7.94. The van der Waals surface area contributed by atoms with Crippen LogP contribution in [0.3, 0.4) is 0 Å². The van der Waals surface area contributed by atoms with Crippen molar-refractivity contribution in [3.63, 3.8) is 0 Å². The summed E-state index contributed by atoms with van der Waals surface area (Å²) in [6, 6.07) is 42.1. The lowest BCUT2D eigenvalue weighted by molar-refractivity contribution is -0.141. The monoisotopic (exact) mass is 1060 g/mol. The van der Waals surface area contributed by atoms with Crippen molar-refractivity contribution in [2.24, 2.45) is 0 Å². The molecule has 1 unspecified atom stereocenters. The van der Waals surface area contributed by atoms with Gasteiger partial charge in [-0.1, -0.05) is 91.0 Å². The largest absolute Gasteiger partial charge is 0.497 e. The topological polar surface area (TPSA) is 228 Å². The van der Waals surface area contributed by atoms with Gasteiger partial charge in [-0.25, -0.2) is 19.7 Å². The second-order valence-corrected chi connectivity index (χ2v) is 20.2. The number of methoxy groups -OCH3 is 2. The molecule has 396 valence electrons. The molecule has 2 N–H and O–H groups in total. The quantitative estimate of drug-likeness (QED) is 0.0536. The van der Waals surface area contributed by atoms with Crippen molar-refractivity contribution in [2.45, 2.75) is 62.7 Å². The van der Waals surface area contributed by atoms with Crippen molar-refractivity contribution >= 4 is 42.2 Å². The van der Waals surface area contributed by atoms with Gasteiger partial charge in [-0.15, -0.1) is 0 Å². The maximum Gasteiger partial charge on any atom is 0.356 e. The highest BCUT2D eigenvalue weighted by atomic mass is 31.2. The lowest BCUT2D eigenvalue weighted by atomic mass is 9.80. The summed E-state index contributed by atoms with van der Waals surface area (Å²) in [7, 11) is 0.304. The summed E-state index contributed by atoms with van der Waals surface area (Å²) in [5, 5.41) is 5.56. The van der Waals surface area contributed by atoms with Crippen molar-refractivity contribution in [2.75, 3.05) is 44.9 Å². The standard InChI is InChI=1S/C56H55N8O12P/c1-36-31-63(55(67)62-50(36)60-53(65)37-14-8-5-9-15-37)47-30-44(45(74-47)32-73-56(39-18-12-7-13-19-39,40-20-24-42(69-2)25-21-40)41-22-26-43(70-3)27-23-41)76-77(68,71-4)35-72-48-29-28-46(75-48)64-34-59-49-51(57-33-58-52(49)64)61-54(66)38-16-10-6-11-17-38/h5-27,31,33-34,44-48H,28-30,32,35H2,1-4H3,(H,57,58,61,66)(H,60,62,65,67)/t44-,45-,46-,47-,48+,77?/m1/s1. The lowest BCUT2D eigenvalue weighted by Crippen LogP contribution is -2.38. The molecule has 5 heterocycles. The summed E-state index contributed by atoms with van der Waals surface area (Å²) in [5.74, 6) is 0.821. The second kappa shape index (κ2) is 23.1. The third-order valence-electron chi connectivity index (χ3n) is 13.4. The summed E-state index contributed by atoms with van der Waals surface area (Å²) in [6.45, 7) is 1.54. The number of nitrogens with zero attached hydrogens (tertiary/aromatic N) is 6. The summed E-state index contributed by atoms with van der Waals surface area (Å²) in [6.07, 6.45) is 0.349. The van der Waals surface area contributed by atoms with E-state index < -0.39 is 62.1 Å². The van der Waals surface area contributed by atoms with Gasteiger partial charge in [0.15, 0.2) is 29.6 Å². The van der Waals surface area contributed by atoms with Gasteiger partial charge in [0.25, 0.3) is 11.8 Å². The highest BCUT2D eigenvalue weighted by Gasteiger charge is 2.46. The number of amides is 2. The maximum absolute atomic E-state index is 14.8. The zero-order valence-corrected chi connectivity index (χ0v) is 43.4. The molecule has 2 aliphatic rings. The molecule has 77 heavy (non-hydrogen) atoms. The van der Waals surface area contributed by atoms with Gasteiger partial charge < -0.3 is 48.1 Å². The zero-order chi connectivity index (χ0) is 53.5. The second-order valence-electron chi connectivity index (χ2n) is 18.2. The number of carbonyl (C=O) groups is 2. The first-order valence-corrected chi connectivity index (χ1v) is 26.4. The Morgan fingerprint density at radius 3 is 1.88 bits per heavy atom. The molecule has 0 saturated carbocycles. The highest BCUT2D eigenvalue weighted by molar-refractivity contribution is 7.53. The van der Waals surface area contributed by atoms with Crippen molar-refractivity contribution in [1.29, 1.82) is 0 Å². The van der Waals surface area contributed by atoms with Crippen LogP contribution < -0.4 is 25.8 Å². The van der Waals surface area contributed by atoms with Gasteiger partial charge in [0.05, 0.1) is 27.2 Å². The molecule has 10 rings (SSSR count). The Morgan fingerprint density at radius 1 is 0.701 bits per heavy atom. The Kier molecular flexibility index (Phi) is 15.8. The number of carbonyl (C=O) groups excluding carboxylic acids is 2. The molecule has 20 nitrogen and oxygen atoms in total. The van der Waals surface area contributed by atoms with E-state index in [1.807, 2.05) is 84.9 Å². The van der Waals surface area contributed by atoms with Crippen molar-refractivity contribution in [3.05, 3.63) is 202 Å². The van der Waals surface area contributed by atoms with Gasteiger partial charge in [0, 0.05) is 42.8 Å². The van der Waals surface area contributed by atoms with Crippen molar-refractivity contribution in [3.8, 4) is 11.5 Å². The van der Waals surface area contributed by atoms with Gasteiger partial charge in [0.2, 0.25) is 0 Å². The number of aryl methyl sites for hydroxylation is 1. The minimum Gasteiger partial charge on any atom is -0.497 e. The summed E-state index contributed by atoms with van der Waals surface area (Å²) < 4.78 is 67.6. The highest BCUT2D eigenvalue weighted by Crippen LogP contribution is 2.53. The van der Waals surface area contributed by atoms with E-state index in [0.29, 0.717) is 52.2 Å². The number of fused-ring (bicyclic) bond motifs is 1. The van der Waals surface area contributed by atoms with Crippen LogP contribution in [0.5, 0.6) is 11.5 Å². The van der Waals surface area contributed by atoms with Crippen LogP contribution in [0.4, 0.5) is 11.6 Å². The van der Waals surface area contributed by atoms with E-state index in [-0.39, 0.29) is 30.6 Å². The molecule has 0 bridgehead atoms. The van der Waals surface area contributed by atoms with Gasteiger partial charge in [-0.05, 0) is 78.6 Å². The van der Waals surface area contributed by atoms with Crippen LogP contribution in [0.15, 0.2) is 163 Å². The van der Waals surface area contributed by atoms with E-state index in [2.05, 4.69) is 30.6 Å². The molecule has 2 amide bonds. The Bertz CT molecular complexity index is 3400. The molecular weight excluding hydrogens is 1010 g/mol. The number of aromatic nitrogens is 6. The maximum atomic E-state index is 14.8. The first-order chi connectivity index (χ1) is 37.5. The first-order valence-electron chi connectivity index (χ1n) is 24.7. The Morgan fingerprint density at radius 2 is 1.29 bits per heavy atom. The van der Waals surface area contributed by atoms with Crippen LogP contribution in [-0.2, 0) is 38.2 Å². The van der Waals surface area contributed by atoms with Gasteiger partial charge in [-0.3, -0.25) is 23.3 Å². The predicted molar refractivity (Wildman–Crippen MR) is 283 cm³/mol. The van der Waals surface area contributed by atoms with Gasteiger partial charge in [-0.2, -0.15) is 4.98 Å². The molecular formula is C56H55N8O12P. The predicted octanol–water partition coefficient (Wildman–Crippen LogP) is 9.04. The van der Waals surface area contributed by atoms with E-state index in [1.54, 1.807) is 92.8 Å². The molecule has 0 aliphatic carbocycles. The Labute approximate surface area is 442 Å². The van der Waals surface area contributed by atoms with Crippen LogP contribution in [0.2, 0.25) is 0 Å². The van der Waals surface area contributed by atoms with E-state index in [1.165, 1.54) is 18.0 Å². The molecule has 2 aliphatic heterocycles. The Balaban J connectivity index is 0.914. The van der Waals surface area contributed by atoms with Crippen LogP contribution in [0.1, 0.15) is 74.7 Å². The number of benzene rings is 5. The third kappa shape index (κ3) is 11.3. The summed E-state index contributed by atoms with van der Waals surface area (Å²) in [4.78, 5) is 57.5. The smallest absolute Gasteiger partial charge is 0.356 e. The summed E-state index contributed by atoms with van der Waals surface area (Å²) in [5.41, 5.74) is 2.42. The molecule has 0 radical (unpaired) electrons. The molecule has 2 saturated heterocycles. The average molecular weight is 1060 g/mol. The van der Waals surface area contributed by atoms with Crippen LogP contribution in [-0.4, -0.2) is 93.7 Å². The van der Waals surface area contributed by atoms with Crippen molar-refractivity contribution in [1.82, 2.24) is 29.1 Å². The number of imidazole rings is 1. The molecule has 5 aromatic carbocycles. The number of hydrogen-bond donors (Lipinski definition) is 2. The molecule has 6 atom stereocenters. The number of hydrogen-bond acceptors (Lipinski definition) is 16. The first kappa shape index (κ1) is 52.5. The van der Waals surface area contributed by atoms with E-state index in [4.69, 9.17) is 37.5 Å². The molecule has 8 aromatic rings. The fourth-order valence-corrected chi connectivity index (χ4v) is 10.7. The van der Waals surface area contributed by atoms with Crippen LogP contribution in [0.25, 0.3) is 11.2 Å². The number of nitrogens with one attached hydrogen (secondary N) is 2. The van der Waals surface area contributed by atoms with Gasteiger partial charge >= 0.3 is 13.3 Å². The number of rotatable bonds is 20. The lowest BCUT2D eigenvalue weighted by Gasteiger charge is -2.37. The molecule has 0 spiro atoms. The summed E-state index contributed by atoms with van der Waals surface area (Å²) >= 11 is 0. The van der Waals surface area contributed by atoms with E-state index >= 15 is 0 Å². The number of anilines is 2. The molecule has 2 fully saturated rings. The van der Waals surface area contributed by atoms with Gasteiger partial charge in [0.1, 0.15) is 53.9 Å². The molecule has 3 aromatic heterocycles. The fraction of sp³-hybridized carbons (Fsp3) is 0.268. The normalized spacial score (nSPS) is 19.1. The SMILES string of the molecule is COc1ccc(C(OC[C@H]2O[C@@H](n3cc(C)c(NC(=O)c4ccccc4)nc3=O)C[C@H]2OP(=O)(CO[C@@H]2CC[C@H](n3cnc4c(NC(=O)c5ccccc5)ncnc43)O2)OC)(c2ccccc2)c2ccc(OC)cc2)cc1. The zero-order valence-electron chi connectivity index (χ0n) is 42.5. The third-order valence-corrected chi connectivity index (χ3v) is 15.0. The minimum absolute atomic E-state index is 0.00706. The van der Waals surface area contributed by atoms with Crippen LogP contribution >= 0.6 is 7.60 Å². The fourth-order valence-electron chi connectivity index (χ4n) is 9.43. The van der Waals surface area contributed by atoms with Crippen LogP contribution in [0, 0.1) is 6.92 Å². The van der Waals surface area contributed by atoms with E-state index in [0.717, 1.165) is 16.7 Å². The minimum atomic E-state index is -4.15. The number of ether oxygens (including phenoxy) is 6. The van der Waals surface area contributed by atoms with Crippen molar-refractivity contribution < 1.29 is 51.6 Å². The average Bonchev–Trinajstić information content (AvgIpc) is 4.28. The van der Waals surface area contributed by atoms with E-state index in [9.17, 15) is 18.9 Å². The molecule has 21 heteroatoms.